The molecule has 2 heterocycles. The fourth-order valence-electron chi connectivity index (χ4n) is 3.02. The molecule has 1 aromatic heterocycles. The minimum atomic E-state index is 1.00. The summed E-state index contributed by atoms with van der Waals surface area (Å²) in [6.45, 7) is 3.87. The third kappa shape index (κ3) is 2.11. The molecule has 0 saturated heterocycles. The maximum Gasteiger partial charge on any atom is 0.0245 e. The summed E-state index contributed by atoms with van der Waals surface area (Å²) in [6.07, 6.45) is 7.20. The smallest absolute Gasteiger partial charge is 0.0245 e. The van der Waals surface area contributed by atoms with Crippen LogP contribution in [0.4, 0.5) is 0 Å². The van der Waals surface area contributed by atoms with Crippen molar-refractivity contribution >= 4 is 11.3 Å². The molecule has 2 heteroatoms. The molecule has 1 fully saturated rings. The van der Waals surface area contributed by atoms with E-state index >= 15 is 0 Å². The van der Waals surface area contributed by atoms with Gasteiger partial charge in [0.25, 0.3) is 0 Å². The van der Waals surface area contributed by atoms with Crippen LogP contribution in [0, 0.1) is 5.92 Å². The summed E-state index contributed by atoms with van der Waals surface area (Å²) >= 11 is 1.94. The average molecular weight is 221 g/mol. The Morgan fingerprint density at radius 2 is 2.20 bits per heavy atom. The summed E-state index contributed by atoms with van der Waals surface area (Å²) in [5.41, 5.74) is 1.60. The SMILES string of the molecule is c1cc2c(s1)CCN(CC1CCCC1)C2. The van der Waals surface area contributed by atoms with Crippen LogP contribution >= 0.6 is 11.3 Å². The molecule has 0 amide bonds. The predicted molar refractivity (Wildman–Crippen MR) is 65.3 cm³/mol. The van der Waals surface area contributed by atoms with E-state index in [4.69, 9.17) is 0 Å². The summed E-state index contributed by atoms with van der Waals surface area (Å²) in [5, 5.41) is 2.25. The Labute approximate surface area is 96.1 Å². The lowest BCUT2D eigenvalue weighted by Crippen LogP contribution is -2.33. The van der Waals surface area contributed by atoms with E-state index in [2.05, 4.69) is 16.3 Å². The molecule has 0 bridgehead atoms. The van der Waals surface area contributed by atoms with E-state index in [-0.39, 0.29) is 0 Å². The molecule has 0 atom stereocenters. The lowest BCUT2D eigenvalue weighted by molar-refractivity contribution is 0.216. The summed E-state index contributed by atoms with van der Waals surface area (Å²) < 4.78 is 0. The Bertz CT molecular complexity index is 325. The van der Waals surface area contributed by atoms with Crippen molar-refractivity contribution in [2.45, 2.75) is 38.6 Å². The molecule has 1 aromatic rings. The van der Waals surface area contributed by atoms with Gasteiger partial charge in [-0.2, -0.15) is 0 Å². The molecule has 1 aliphatic carbocycles. The summed E-state index contributed by atoms with van der Waals surface area (Å²) in [7, 11) is 0. The van der Waals surface area contributed by atoms with E-state index in [0.717, 1.165) is 5.92 Å². The molecule has 2 aliphatic rings. The van der Waals surface area contributed by atoms with E-state index in [9.17, 15) is 0 Å². The maximum atomic E-state index is 2.67. The molecule has 1 saturated carbocycles. The van der Waals surface area contributed by atoms with Gasteiger partial charge < -0.3 is 0 Å². The predicted octanol–water partition coefficient (Wildman–Crippen LogP) is 3.30. The number of fused-ring (bicyclic) bond motifs is 1. The highest BCUT2D eigenvalue weighted by Gasteiger charge is 2.22. The topological polar surface area (TPSA) is 3.24 Å². The van der Waals surface area contributed by atoms with Gasteiger partial charge in [-0.05, 0) is 42.2 Å². The molecule has 1 aliphatic heterocycles. The first-order valence-corrected chi connectivity index (χ1v) is 7.07. The van der Waals surface area contributed by atoms with Gasteiger partial charge in [0.05, 0.1) is 0 Å². The molecule has 3 rings (SSSR count). The van der Waals surface area contributed by atoms with Crippen molar-refractivity contribution in [2.24, 2.45) is 5.92 Å². The highest BCUT2D eigenvalue weighted by atomic mass is 32.1. The van der Waals surface area contributed by atoms with Gasteiger partial charge in [-0.25, -0.2) is 0 Å². The Balaban J connectivity index is 1.61. The molecular weight excluding hydrogens is 202 g/mol. The lowest BCUT2D eigenvalue weighted by Gasteiger charge is -2.29. The highest BCUT2D eigenvalue weighted by Crippen LogP contribution is 2.29. The summed E-state index contributed by atoms with van der Waals surface area (Å²) in [6, 6.07) is 2.32. The maximum absolute atomic E-state index is 2.67. The number of hydrogen-bond acceptors (Lipinski definition) is 2. The zero-order valence-corrected chi connectivity index (χ0v) is 10.1. The van der Waals surface area contributed by atoms with Crippen molar-refractivity contribution in [3.05, 3.63) is 21.9 Å². The van der Waals surface area contributed by atoms with E-state index in [1.807, 2.05) is 11.3 Å². The van der Waals surface area contributed by atoms with Crippen molar-refractivity contribution in [3.8, 4) is 0 Å². The number of rotatable bonds is 2. The van der Waals surface area contributed by atoms with Gasteiger partial charge in [0.15, 0.2) is 0 Å². The quantitative estimate of drug-likeness (QED) is 0.740. The highest BCUT2D eigenvalue weighted by molar-refractivity contribution is 7.10. The lowest BCUT2D eigenvalue weighted by atomic mass is 10.0. The van der Waals surface area contributed by atoms with Crippen molar-refractivity contribution in [2.75, 3.05) is 13.1 Å². The number of hydrogen-bond donors (Lipinski definition) is 0. The van der Waals surface area contributed by atoms with Crippen LogP contribution < -0.4 is 0 Å². The van der Waals surface area contributed by atoms with Gasteiger partial charge in [-0.3, -0.25) is 4.90 Å². The van der Waals surface area contributed by atoms with Crippen LogP contribution in [-0.4, -0.2) is 18.0 Å². The number of thiophene rings is 1. The second-order valence-electron chi connectivity index (χ2n) is 5.00. The number of nitrogens with zero attached hydrogens (tertiary/aromatic N) is 1. The monoisotopic (exact) mass is 221 g/mol. The Kier molecular flexibility index (Phi) is 2.80. The molecule has 0 N–H and O–H groups in total. The molecule has 82 valence electrons. The van der Waals surface area contributed by atoms with Crippen LogP contribution in [0.25, 0.3) is 0 Å². The fraction of sp³-hybridized carbons (Fsp3) is 0.692. The van der Waals surface area contributed by atoms with Crippen LogP contribution in [0.3, 0.4) is 0 Å². The van der Waals surface area contributed by atoms with Gasteiger partial charge in [-0.15, -0.1) is 11.3 Å². The molecule has 0 radical (unpaired) electrons. The summed E-state index contributed by atoms with van der Waals surface area (Å²) in [4.78, 5) is 4.31. The molecular formula is C13H19NS. The van der Waals surface area contributed by atoms with Crippen LogP contribution in [-0.2, 0) is 13.0 Å². The Hall–Kier alpha value is -0.340. The van der Waals surface area contributed by atoms with Gasteiger partial charge >= 0.3 is 0 Å². The first-order chi connectivity index (χ1) is 7.42. The molecule has 0 spiro atoms. The summed E-state index contributed by atoms with van der Waals surface area (Å²) in [5.74, 6) is 1.00. The van der Waals surface area contributed by atoms with Gasteiger partial charge in [0.1, 0.15) is 0 Å². The van der Waals surface area contributed by atoms with E-state index in [0.29, 0.717) is 0 Å². The second-order valence-corrected chi connectivity index (χ2v) is 6.01. The van der Waals surface area contributed by atoms with Crippen LogP contribution in [0.5, 0.6) is 0 Å². The van der Waals surface area contributed by atoms with Crippen molar-refractivity contribution in [1.82, 2.24) is 4.90 Å². The van der Waals surface area contributed by atoms with Gasteiger partial charge in [0, 0.05) is 24.5 Å². The molecule has 0 unspecified atom stereocenters. The molecule has 15 heavy (non-hydrogen) atoms. The van der Waals surface area contributed by atoms with Crippen molar-refractivity contribution < 1.29 is 0 Å². The Morgan fingerprint density at radius 3 is 3.07 bits per heavy atom. The van der Waals surface area contributed by atoms with Crippen LogP contribution in [0.2, 0.25) is 0 Å². The zero-order chi connectivity index (χ0) is 10.1. The normalized spacial score (nSPS) is 23.2. The Morgan fingerprint density at radius 1 is 1.33 bits per heavy atom. The fourth-order valence-corrected chi connectivity index (χ4v) is 3.91. The minimum Gasteiger partial charge on any atom is -0.298 e. The largest absolute Gasteiger partial charge is 0.298 e. The van der Waals surface area contributed by atoms with Gasteiger partial charge in [-0.1, -0.05) is 12.8 Å². The minimum absolute atomic E-state index is 1.00. The first-order valence-electron chi connectivity index (χ1n) is 6.19. The van der Waals surface area contributed by atoms with Gasteiger partial charge in [0.2, 0.25) is 0 Å². The standard InChI is InChI=1S/C13H19NS/c1-2-4-11(3-1)9-14-7-5-13-12(10-14)6-8-15-13/h6,8,11H,1-5,7,9-10H2. The molecule has 1 nitrogen and oxygen atoms in total. The van der Waals surface area contributed by atoms with Crippen molar-refractivity contribution in [1.29, 1.82) is 0 Å². The van der Waals surface area contributed by atoms with E-state index in [1.165, 1.54) is 51.7 Å². The zero-order valence-electron chi connectivity index (χ0n) is 9.24. The first kappa shape index (κ1) is 9.86. The second kappa shape index (κ2) is 4.26. The van der Waals surface area contributed by atoms with Crippen LogP contribution in [0.15, 0.2) is 11.4 Å². The van der Waals surface area contributed by atoms with E-state index in [1.54, 1.807) is 10.4 Å². The van der Waals surface area contributed by atoms with E-state index < -0.39 is 0 Å². The average Bonchev–Trinajstić information content (AvgIpc) is 2.87. The van der Waals surface area contributed by atoms with Crippen LogP contribution in [0.1, 0.15) is 36.1 Å². The third-order valence-corrected chi connectivity index (χ3v) is 4.90. The van der Waals surface area contributed by atoms with Crippen molar-refractivity contribution in [3.63, 3.8) is 0 Å². The molecule has 0 aromatic carbocycles. The third-order valence-electron chi connectivity index (χ3n) is 3.88.